The number of halogens is 1. The lowest BCUT2D eigenvalue weighted by atomic mass is 9.87. The molecule has 2 saturated heterocycles. The third-order valence-corrected chi connectivity index (χ3v) is 9.95. The van der Waals surface area contributed by atoms with E-state index in [1.165, 1.54) is 42.0 Å². The van der Waals surface area contributed by atoms with E-state index in [0.717, 1.165) is 11.1 Å². The van der Waals surface area contributed by atoms with Crippen molar-refractivity contribution in [2.75, 3.05) is 30.2 Å². The van der Waals surface area contributed by atoms with Gasteiger partial charge in [0.1, 0.15) is 15.8 Å². The highest BCUT2D eigenvalue weighted by Gasteiger charge is 2.70. The van der Waals surface area contributed by atoms with Gasteiger partial charge in [0, 0.05) is 32.2 Å². The zero-order chi connectivity index (χ0) is 26.9. The molecule has 198 valence electrons. The number of ether oxygens (including phenoxy) is 2. The second-order valence-corrected chi connectivity index (χ2v) is 11.6. The van der Waals surface area contributed by atoms with Crippen molar-refractivity contribution in [2.24, 2.45) is 5.41 Å². The summed E-state index contributed by atoms with van der Waals surface area (Å²) in [4.78, 5) is 43.2. The van der Waals surface area contributed by atoms with E-state index in [2.05, 4.69) is 0 Å². The Labute approximate surface area is 234 Å². The summed E-state index contributed by atoms with van der Waals surface area (Å²) in [6.45, 7) is 1.49. The Morgan fingerprint density at radius 3 is 2.21 bits per heavy atom. The molecular formula is C28H27ClN2O5S2. The van der Waals surface area contributed by atoms with E-state index in [1.807, 2.05) is 72.1 Å². The molecule has 38 heavy (non-hydrogen) atoms. The van der Waals surface area contributed by atoms with Crippen LogP contribution in [0.1, 0.15) is 24.2 Å². The first kappa shape index (κ1) is 26.7. The van der Waals surface area contributed by atoms with Crippen molar-refractivity contribution < 1.29 is 23.9 Å². The highest BCUT2D eigenvalue weighted by atomic mass is 35.5. The number of methoxy groups -OCH3 is 1. The number of benzene rings is 2. The average molecular weight is 571 g/mol. The summed E-state index contributed by atoms with van der Waals surface area (Å²) < 4.78 is 11.9. The molecule has 0 radical (unpaired) electrons. The summed E-state index contributed by atoms with van der Waals surface area (Å²) >= 11 is 9.17. The summed E-state index contributed by atoms with van der Waals surface area (Å²) in [6.07, 6.45) is -0.620. The van der Waals surface area contributed by atoms with Gasteiger partial charge in [0.05, 0.1) is 0 Å². The van der Waals surface area contributed by atoms with Crippen molar-refractivity contribution in [1.82, 2.24) is 4.90 Å². The van der Waals surface area contributed by atoms with E-state index in [9.17, 15) is 14.4 Å². The number of carbonyl (C=O) groups excluding carboxylic acids is 3. The van der Waals surface area contributed by atoms with Crippen LogP contribution in [-0.4, -0.2) is 59.1 Å². The summed E-state index contributed by atoms with van der Waals surface area (Å²) in [7, 11) is 1.43. The minimum absolute atomic E-state index is 0.0209. The van der Waals surface area contributed by atoms with Crippen LogP contribution in [0.3, 0.4) is 0 Å². The molecule has 7 nitrogen and oxygen atoms in total. The van der Waals surface area contributed by atoms with Gasteiger partial charge in [0.25, 0.3) is 11.6 Å². The van der Waals surface area contributed by atoms with Crippen LogP contribution in [-0.2, 0) is 23.9 Å². The number of carbonyl (C=O) groups is 3. The number of anilines is 1. The number of hydrogen-bond donors (Lipinski definition) is 0. The molecule has 0 saturated carbocycles. The Bertz CT molecular complexity index is 1270. The number of thioether (sulfide) groups is 1. The lowest BCUT2D eigenvalue weighted by Gasteiger charge is -2.61. The molecule has 0 spiro atoms. The van der Waals surface area contributed by atoms with Gasteiger partial charge >= 0.3 is 5.97 Å². The van der Waals surface area contributed by atoms with Crippen molar-refractivity contribution in [3.05, 3.63) is 89.3 Å². The van der Waals surface area contributed by atoms with E-state index in [-0.39, 0.29) is 24.2 Å². The highest BCUT2D eigenvalue weighted by molar-refractivity contribution is 8.00. The van der Waals surface area contributed by atoms with Gasteiger partial charge in [-0.25, -0.2) is 0 Å². The van der Waals surface area contributed by atoms with E-state index in [4.69, 9.17) is 21.1 Å². The molecule has 5 rings (SSSR count). The maximum Gasteiger partial charge on any atom is 0.316 e. The normalized spacial score (nSPS) is 24.5. The Morgan fingerprint density at radius 1 is 1.08 bits per heavy atom. The molecule has 2 aliphatic rings. The molecule has 3 heterocycles. The van der Waals surface area contributed by atoms with Crippen molar-refractivity contribution >= 4 is 57.5 Å². The second-order valence-electron chi connectivity index (χ2n) is 9.32. The monoisotopic (exact) mass is 570 g/mol. The fraction of sp³-hybridized carbons (Fsp3) is 0.321. The topological polar surface area (TPSA) is 76.2 Å². The van der Waals surface area contributed by atoms with E-state index in [1.54, 1.807) is 11.0 Å². The van der Waals surface area contributed by atoms with Gasteiger partial charge in [0.15, 0.2) is 6.10 Å². The standard InChI is InChI=1S/C28H27ClN2O5S2/c1-19(32)31(22-14-9-15-37-22)28(35-2)24(33)30-17-27(16-29,18-38-25(28)30)26(34)36-23(20-10-5-3-6-11-20)21-12-7-4-8-13-21/h3-15,23,25H,16-18H2,1-2H3/t25-,27?,28?/m1/s1. The predicted molar refractivity (Wildman–Crippen MR) is 149 cm³/mol. The largest absolute Gasteiger partial charge is 0.452 e. The quantitative estimate of drug-likeness (QED) is 0.166. The fourth-order valence-corrected chi connectivity index (χ4v) is 7.93. The van der Waals surface area contributed by atoms with Gasteiger partial charge in [-0.3, -0.25) is 19.3 Å². The summed E-state index contributed by atoms with van der Waals surface area (Å²) in [5, 5.41) is 1.97. The SMILES string of the molecule is COC1(N(C(C)=O)c2cccs2)C(=O)N2CC(CCl)(C(=O)OC(c3ccccc3)c3ccccc3)CS[C@@H]21. The van der Waals surface area contributed by atoms with Gasteiger partial charge in [-0.15, -0.1) is 34.7 Å². The number of thiophene rings is 1. The number of amides is 2. The second kappa shape index (κ2) is 10.7. The maximum absolute atomic E-state index is 13.8. The number of β-lactam (4-membered cyclic amide) rings is 1. The van der Waals surface area contributed by atoms with Crippen LogP contribution in [0.2, 0.25) is 0 Å². The van der Waals surface area contributed by atoms with Crippen LogP contribution < -0.4 is 4.90 Å². The average Bonchev–Trinajstić information content (AvgIpc) is 3.48. The smallest absolute Gasteiger partial charge is 0.316 e. The van der Waals surface area contributed by atoms with Gasteiger partial charge in [-0.1, -0.05) is 60.7 Å². The highest BCUT2D eigenvalue weighted by Crippen LogP contribution is 2.52. The molecule has 2 aromatic carbocycles. The molecule has 10 heteroatoms. The fourth-order valence-electron chi connectivity index (χ4n) is 5.04. The van der Waals surface area contributed by atoms with Gasteiger partial charge in [-0.05, 0) is 28.6 Å². The van der Waals surface area contributed by atoms with Crippen LogP contribution in [0, 0.1) is 5.41 Å². The predicted octanol–water partition coefficient (Wildman–Crippen LogP) is 4.92. The summed E-state index contributed by atoms with van der Waals surface area (Å²) in [5.41, 5.74) is -0.932. The third-order valence-electron chi connectivity index (χ3n) is 6.98. The number of nitrogens with zero attached hydrogens (tertiary/aromatic N) is 2. The van der Waals surface area contributed by atoms with Crippen LogP contribution in [0.15, 0.2) is 78.2 Å². The third kappa shape index (κ3) is 4.31. The Hall–Kier alpha value is -2.85. The molecular weight excluding hydrogens is 544 g/mol. The first-order chi connectivity index (χ1) is 18.4. The number of fused-ring (bicyclic) bond motifs is 1. The Balaban J connectivity index is 1.41. The van der Waals surface area contributed by atoms with Crippen LogP contribution in [0.25, 0.3) is 0 Å². The molecule has 3 atom stereocenters. The summed E-state index contributed by atoms with van der Waals surface area (Å²) in [6, 6.07) is 22.7. The zero-order valence-electron chi connectivity index (χ0n) is 20.9. The van der Waals surface area contributed by atoms with E-state index in [0.29, 0.717) is 10.8 Å². The number of esters is 1. The van der Waals surface area contributed by atoms with Gasteiger partial charge < -0.3 is 14.4 Å². The first-order valence-electron chi connectivity index (χ1n) is 12.1. The van der Waals surface area contributed by atoms with E-state index >= 15 is 0 Å². The van der Waals surface area contributed by atoms with Crippen molar-refractivity contribution in [3.63, 3.8) is 0 Å². The molecule has 0 bridgehead atoms. The Kier molecular flexibility index (Phi) is 7.55. The van der Waals surface area contributed by atoms with Crippen molar-refractivity contribution in [3.8, 4) is 0 Å². The molecule has 2 unspecified atom stereocenters. The Morgan fingerprint density at radius 2 is 1.71 bits per heavy atom. The minimum Gasteiger partial charge on any atom is -0.452 e. The lowest BCUT2D eigenvalue weighted by Crippen LogP contribution is -2.83. The van der Waals surface area contributed by atoms with E-state index < -0.39 is 28.6 Å². The number of alkyl halides is 1. The lowest BCUT2D eigenvalue weighted by molar-refractivity contribution is -0.193. The maximum atomic E-state index is 13.8. The molecule has 2 amide bonds. The molecule has 2 aliphatic heterocycles. The number of rotatable bonds is 8. The van der Waals surface area contributed by atoms with Gasteiger partial charge in [0.2, 0.25) is 5.91 Å². The number of hydrogen-bond acceptors (Lipinski definition) is 7. The molecule has 0 aliphatic carbocycles. The zero-order valence-corrected chi connectivity index (χ0v) is 23.3. The van der Waals surface area contributed by atoms with Crippen LogP contribution in [0.5, 0.6) is 0 Å². The molecule has 1 aromatic heterocycles. The van der Waals surface area contributed by atoms with Crippen LogP contribution in [0.4, 0.5) is 5.00 Å². The minimum atomic E-state index is -1.49. The van der Waals surface area contributed by atoms with Crippen LogP contribution >= 0.6 is 34.7 Å². The first-order valence-corrected chi connectivity index (χ1v) is 14.5. The molecule has 3 aromatic rings. The van der Waals surface area contributed by atoms with Gasteiger partial charge in [-0.2, -0.15) is 0 Å². The molecule has 2 fully saturated rings. The van der Waals surface area contributed by atoms with Crippen molar-refractivity contribution in [2.45, 2.75) is 24.1 Å². The molecule has 0 N–H and O–H groups in total. The van der Waals surface area contributed by atoms with Crippen molar-refractivity contribution in [1.29, 1.82) is 0 Å². The summed E-state index contributed by atoms with van der Waals surface area (Å²) in [5.74, 6) is -0.870.